The van der Waals surface area contributed by atoms with Crippen molar-refractivity contribution in [3.8, 4) is 0 Å². The Balaban J connectivity index is 2.29. The van der Waals surface area contributed by atoms with Crippen molar-refractivity contribution in [2.75, 3.05) is 0 Å². The van der Waals surface area contributed by atoms with Crippen LogP contribution in [0.1, 0.15) is 31.2 Å². The van der Waals surface area contributed by atoms with Crippen LogP contribution in [-0.2, 0) is 4.79 Å². The largest absolute Gasteiger partial charge is 0.295 e. The summed E-state index contributed by atoms with van der Waals surface area (Å²) in [6.45, 7) is 0. The van der Waals surface area contributed by atoms with Crippen molar-refractivity contribution in [2.24, 2.45) is 0 Å². The van der Waals surface area contributed by atoms with Crippen molar-refractivity contribution in [1.82, 2.24) is 0 Å². The van der Waals surface area contributed by atoms with E-state index in [0.717, 1.165) is 31.3 Å². The number of ketones is 1. The second-order valence-corrected chi connectivity index (χ2v) is 4.98. The minimum Gasteiger partial charge on any atom is -0.295 e. The fraction of sp³-hybridized carbons (Fsp3) is 0.308. The SMILES string of the molecule is O=C1CCCCC1=Cc1ccccc1I. The first kappa shape index (κ1) is 10.9. The third-order valence-corrected chi connectivity index (χ3v) is 3.68. The predicted molar refractivity (Wildman–Crippen MR) is 70.6 cm³/mol. The Morgan fingerprint density at radius 3 is 2.60 bits per heavy atom. The van der Waals surface area contributed by atoms with Gasteiger partial charge in [0.1, 0.15) is 0 Å². The van der Waals surface area contributed by atoms with Gasteiger partial charge in [0.05, 0.1) is 0 Å². The lowest BCUT2D eigenvalue weighted by Crippen LogP contribution is -2.08. The number of halogens is 1. The van der Waals surface area contributed by atoms with Crippen LogP contribution in [0.4, 0.5) is 0 Å². The Labute approximate surface area is 104 Å². The summed E-state index contributed by atoms with van der Waals surface area (Å²) in [7, 11) is 0. The second-order valence-electron chi connectivity index (χ2n) is 3.82. The standard InChI is InChI=1S/C13H13IO/c14-12-7-3-1-5-10(12)9-11-6-2-4-8-13(11)15/h1,3,5,7,9H,2,4,6,8H2. The van der Waals surface area contributed by atoms with Crippen molar-refractivity contribution >= 4 is 34.5 Å². The maximum absolute atomic E-state index is 11.6. The molecular formula is C13H13IO. The van der Waals surface area contributed by atoms with E-state index >= 15 is 0 Å². The van der Waals surface area contributed by atoms with E-state index in [9.17, 15) is 4.79 Å². The van der Waals surface area contributed by atoms with Gasteiger partial charge in [0.25, 0.3) is 0 Å². The summed E-state index contributed by atoms with van der Waals surface area (Å²) in [5, 5.41) is 0. The van der Waals surface area contributed by atoms with Crippen LogP contribution in [0.5, 0.6) is 0 Å². The van der Waals surface area contributed by atoms with Gasteiger partial charge in [0, 0.05) is 9.99 Å². The Morgan fingerprint density at radius 1 is 1.13 bits per heavy atom. The zero-order chi connectivity index (χ0) is 10.7. The van der Waals surface area contributed by atoms with Crippen molar-refractivity contribution in [3.63, 3.8) is 0 Å². The molecule has 1 nitrogen and oxygen atoms in total. The summed E-state index contributed by atoms with van der Waals surface area (Å²) in [6, 6.07) is 8.17. The fourth-order valence-corrected chi connectivity index (χ4v) is 2.38. The summed E-state index contributed by atoms with van der Waals surface area (Å²) in [5.41, 5.74) is 2.17. The summed E-state index contributed by atoms with van der Waals surface area (Å²) < 4.78 is 1.21. The number of allylic oxidation sites excluding steroid dienone is 1. The molecule has 2 rings (SSSR count). The molecule has 15 heavy (non-hydrogen) atoms. The van der Waals surface area contributed by atoms with E-state index in [4.69, 9.17) is 0 Å². The molecule has 0 radical (unpaired) electrons. The summed E-state index contributed by atoms with van der Waals surface area (Å²) in [5.74, 6) is 0.334. The molecule has 1 saturated carbocycles. The maximum atomic E-state index is 11.6. The van der Waals surface area contributed by atoms with Crippen molar-refractivity contribution in [1.29, 1.82) is 0 Å². The molecule has 0 spiro atoms. The van der Waals surface area contributed by atoms with Gasteiger partial charge in [-0.15, -0.1) is 0 Å². The minimum absolute atomic E-state index is 0.334. The lowest BCUT2D eigenvalue weighted by Gasteiger charge is -2.12. The topological polar surface area (TPSA) is 17.1 Å². The third-order valence-electron chi connectivity index (χ3n) is 2.69. The normalized spacial score (nSPS) is 19.5. The molecule has 1 aliphatic rings. The number of carbonyl (C=O) groups excluding carboxylic acids is 1. The van der Waals surface area contributed by atoms with Gasteiger partial charge < -0.3 is 0 Å². The number of hydrogen-bond donors (Lipinski definition) is 0. The van der Waals surface area contributed by atoms with Gasteiger partial charge in [-0.1, -0.05) is 18.2 Å². The highest BCUT2D eigenvalue weighted by molar-refractivity contribution is 14.1. The van der Waals surface area contributed by atoms with Crippen LogP contribution in [0.3, 0.4) is 0 Å². The molecular weight excluding hydrogens is 299 g/mol. The monoisotopic (exact) mass is 312 g/mol. The van der Waals surface area contributed by atoms with Gasteiger partial charge in [0.2, 0.25) is 0 Å². The Hall–Kier alpha value is -0.640. The van der Waals surface area contributed by atoms with E-state index in [1.165, 1.54) is 9.13 Å². The number of Topliss-reactive ketones (excluding diaryl/α,β-unsaturated/α-hetero) is 1. The van der Waals surface area contributed by atoms with Crippen molar-refractivity contribution in [3.05, 3.63) is 39.0 Å². The molecule has 0 aliphatic heterocycles. The van der Waals surface area contributed by atoms with Crippen LogP contribution in [0.25, 0.3) is 6.08 Å². The Morgan fingerprint density at radius 2 is 1.87 bits per heavy atom. The highest BCUT2D eigenvalue weighted by atomic mass is 127. The lowest BCUT2D eigenvalue weighted by atomic mass is 9.92. The van der Waals surface area contributed by atoms with E-state index in [0.29, 0.717) is 5.78 Å². The zero-order valence-electron chi connectivity index (χ0n) is 8.50. The third kappa shape index (κ3) is 2.68. The van der Waals surface area contributed by atoms with Crippen LogP contribution in [0.2, 0.25) is 0 Å². The number of rotatable bonds is 1. The average molecular weight is 312 g/mol. The molecule has 2 heteroatoms. The summed E-state index contributed by atoms with van der Waals surface area (Å²) in [4.78, 5) is 11.6. The van der Waals surface area contributed by atoms with Crippen molar-refractivity contribution < 1.29 is 4.79 Å². The maximum Gasteiger partial charge on any atom is 0.158 e. The molecule has 1 aliphatic carbocycles. The smallest absolute Gasteiger partial charge is 0.158 e. The highest BCUT2D eigenvalue weighted by Crippen LogP contribution is 2.23. The Kier molecular flexibility index (Phi) is 3.57. The van der Waals surface area contributed by atoms with Crippen molar-refractivity contribution in [2.45, 2.75) is 25.7 Å². The molecule has 1 aromatic carbocycles. The van der Waals surface area contributed by atoms with Gasteiger partial charge in [-0.3, -0.25) is 4.79 Å². The second kappa shape index (κ2) is 4.92. The van der Waals surface area contributed by atoms with Gasteiger partial charge in [0.15, 0.2) is 5.78 Å². The molecule has 0 unspecified atom stereocenters. The predicted octanol–water partition coefficient (Wildman–Crippen LogP) is 3.82. The molecule has 1 aromatic rings. The Bertz CT molecular complexity index is 407. The first-order valence-electron chi connectivity index (χ1n) is 5.25. The van der Waals surface area contributed by atoms with E-state index < -0.39 is 0 Å². The van der Waals surface area contributed by atoms with Gasteiger partial charge in [-0.05, 0) is 65.1 Å². The fourth-order valence-electron chi connectivity index (χ4n) is 1.83. The quantitative estimate of drug-likeness (QED) is 0.569. The molecule has 0 saturated heterocycles. The van der Waals surface area contributed by atoms with Crippen LogP contribution in [-0.4, -0.2) is 5.78 Å². The van der Waals surface area contributed by atoms with Crippen LogP contribution in [0, 0.1) is 3.57 Å². The first-order valence-corrected chi connectivity index (χ1v) is 6.33. The van der Waals surface area contributed by atoms with E-state index in [1.807, 2.05) is 12.1 Å². The van der Waals surface area contributed by atoms with E-state index in [-0.39, 0.29) is 0 Å². The van der Waals surface area contributed by atoms with Gasteiger partial charge in [-0.25, -0.2) is 0 Å². The molecule has 78 valence electrons. The van der Waals surface area contributed by atoms with Gasteiger partial charge in [-0.2, -0.15) is 0 Å². The molecule has 0 aromatic heterocycles. The summed E-state index contributed by atoms with van der Waals surface area (Å²) >= 11 is 2.31. The van der Waals surface area contributed by atoms with E-state index in [1.54, 1.807) is 0 Å². The molecule has 0 amide bonds. The van der Waals surface area contributed by atoms with E-state index in [2.05, 4.69) is 40.8 Å². The molecule has 0 heterocycles. The average Bonchev–Trinajstić information content (AvgIpc) is 2.24. The lowest BCUT2D eigenvalue weighted by molar-refractivity contribution is -0.116. The van der Waals surface area contributed by atoms with Crippen LogP contribution >= 0.6 is 22.6 Å². The highest BCUT2D eigenvalue weighted by Gasteiger charge is 2.14. The minimum atomic E-state index is 0.334. The number of carbonyl (C=O) groups is 1. The molecule has 0 bridgehead atoms. The number of benzene rings is 1. The molecule has 0 N–H and O–H groups in total. The van der Waals surface area contributed by atoms with Crippen LogP contribution < -0.4 is 0 Å². The number of hydrogen-bond acceptors (Lipinski definition) is 1. The molecule has 0 atom stereocenters. The molecule has 1 fully saturated rings. The zero-order valence-corrected chi connectivity index (χ0v) is 10.7. The van der Waals surface area contributed by atoms with Gasteiger partial charge >= 0.3 is 0 Å². The van der Waals surface area contributed by atoms with Crippen LogP contribution in [0.15, 0.2) is 29.8 Å². The first-order chi connectivity index (χ1) is 7.27. The summed E-state index contributed by atoms with van der Waals surface area (Å²) in [6.07, 6.45) is 5.95.